The molecule has 0 N–H and O–H groups in total. The molecule has 24 heavy (non-hydrogen) atoms. The summed E-state index contributed by atoms with van der Waals surface area (Å²) in [5, 5.41) is 1.99. The van der Waals surface area contributed by atoms with Crippen LogP contribution in [0.1, 0.15) is 17.4 Å². The largest absolute Gasteiger partial charge is 0.457 e. The second-order valence-corrected chi connectivity index (χ2v) is 6.12. The molecule has 4 aromatic rings. The fourth-order valence-corrected chi connectivity index (χ4v) is 3.32. The Balaban J connectivity index is 0.00000169. The Labute approximate surface area is 155 Å². The topological polar surface area (TPSA) is 31.0 Å². The third-order valence-corrected chi connectivity index (χ3v) is 4.26. The molecule has 2 aromatic carbocycles. The molecule has 0 aliphatic carbocycles. The molecule has 3 nitrogen and oxygen atoms in total. The fraction of sp³-hybridized carbons (Fsp3) is 0.0556. The van der Waals surface area contributed by atoms with Gasteiger partial charge in [0.2, 0.25) is 0 Å². The number of rotatable bonds is 3. The van der Waals surface area contributed by atoms with Gasteiger partial charge in [0.05, 0.1) is 11.3 Å². The lowest BCUT2D eigenvalue weighted by atomic mass is 10.0. The first kappa shape index (κ1) is 16.9. The summed E-state index contributed by atoms with van der Waals surface area (Å²) >= 11 is 12.3. The van der Waals surface area contributed by atoms with Gasteiger partial charge in [-0.15, -0.1) is 12.4 Å². The van der Waals surface area contributed by atoms with Gasteiger partial charge in [-0.1, -0.05) is 53.5 Å². The van der Waals surface area contributed by atoms with Gasteiger partial charge in [-0.2, -0.15) is 0 Å². The first-order valence-corrected chi connectivity index (χ1v) is 7.89. The van der Waals surface area contributed by atoms with Crippen molar-refractivity contribution in [3.63, 3.8) is 0 Å². The summed E-state index contributed by atoms with van der Waals surface area (Å²) in [4.78, 5) is 4.15. The van der Waals surface area contributed by atoms with Crippen molar-refractivity contribution >= 4 is 46.6 Å². The van der Waals surface area contributed by atoms with Crippen molar-refractivity contribution in [2.24, 2.45) is 0 Å². The van der Waals surface area contributed by atoms with Crippen LogP contribution in [0.2, 0.25) is 10.0 Å². The minimum atomic E-state index is -0.110. The third-order valence-electron chi connectivity index (χ3n) is 3.76. The Morgan fingerprint density at radius 1 is 1.04 bits per heavy atom. The van der Waals surface area contributed by atoms with E-state index in [1.807, 2.05) is 41.1 Å². The second kappa shape index (κ2) is 6.89. The van der Waals surface area contributed by atoms with Gasteiger partial charge < -0.3 is 8.98 Å². The zero-order valence-corrected chi connectivity index (χ0v) is 14.7. The van der Waals surface area contributed by atoms with Crippen molar-refractivity contribution in [1.82, 2.24) is 9.55 Å². The first-order chi connectivity index (χ1) is 11.2. The van der Waals surface area contributed by atoms with Crippen molar-refractivity contribution in [3.05, 3.63) is 88.6 Å². The Hall–Kier alpha value is -1.94. The molecule has 6 heteroatoms. The van der Waals surface area contributed by atoms with Crippen LogP contribution in [0.25, 0.3) is 11.0 Å². The van der Waals surface area contributed by atoms with Gasteiger partial charge in [0.1, 0.15) is 11.8 Å². The van der Waals surface area contributed by atoms with Gasteiger partial charge in [-0.25, -0.2) is 4.98 Å². The molecular weight excluding hydrogens is 367 g/mol. The van der Waals surface area contributed by atoms with Crippen LogP contribution in [-0.4, -0.2) is 9.55 Å². The van der Waals surface area contributed by atoms with Gasteiger partial charge in [0, 0.05) is 22.8 Å². The average Bonchev–Trinajstić information content (AvgIpc) is 3.19. The molecule has 1 unspecified atom stereocenters. The molecule has 2 heterocycles. The maximum atomic E-state index is 6.25. The van der Waals surface area contributed by atoms with Crippen molar-refractivity contribution < 1.29 is 4.42 Å². The van der Waals surface area contributed by atoms with Crippen molar-refractivity contribution in [2.75, 3.05) is 0 Å². The SMILES string of the molecule is Cl.Clc1cc(Cl)c2oc(C(c3ccccc3)n3ccnc3)cc2c1. The summed E-state index contributed by atoms with van der Waals surface area (Å²) < 4.78 is 8.06. The Morgan fingerprint density at radius 3 is 2.54 bits per heavy atom. The molecule has 0 aliphatic rings. The smallest absolute Gasteiger partial charge is 0.153 e. The molecule has 1 atom stereocenters. The molecule has 4 rings (SSSR count). The van der Waals surface area contributed by atoms with Gasteiger partial charge in [-0.3, -0.25) is 0 Å². The van der Waals surface area contributed by atoms with E-state index >= 15 is 0 Å². The summed E-state index contributed by atoms with van der Waals surface area (Å²) in [6, 6.07) is 15.5. The highest BCUT2D eigenvalue weighted by Gasteiger charge is 2.21. The lowest BCUT2D eigenvalue weighted by Crippen LogP contribution is -2.09. The molecule has 0 fully saturated rings. The van der Waals surface area contributed by atoms with E-state index in [1.165, 1.54) is 0 Å². The van der Waals surface area contributed by atoms with E-state index in [-0.39, 0.29) is 18.4 Å². The lowest BCUT2D eigenvalue weighted by molar-refractivity contribution is 0.488. The quantitative estimate of drug-likeness (QED) is 0.437. The van der Waals surface area contributed by atoms with Crippen LogP contribution in [0.3, 0.4) is 0 Å². The van der Waals surface area contributed by atoms with E-state index in [2.05, 4.69) is 17.1 Å². The second-order valence-electron chi connectivity index (χ2n) is 5.28. The highest BCUT2D eigenvalue weighted by molar-refractivity contribution is 6.38. The van der Waals surface area contributed by atoms with E-state index in [4.69, 9.17) is 27.6 Å². The van der Waals surface area contributed by atoms with Crippen molar-refractivity contribution in [1.29, 1.82) is 0 Å². The summed E-state index contributed by atoms with van der Waals surface area (Å²) in [6.07, 6.45) is 5.45. The van der Waals surface area contributed by atoms with Crippen LogP contribution in [0.5, 0.6) is 0 Å². The number of hydrogen-bond donors (Lipinski definition) is 0. The maximum absolute atomic E-state index is 6.25. The van der Waals surface area contributed by atoms with Crippen molar-refractivity contribution in [3.8, 4) is 0 Å². The number of imidazole rings is 1. The molecule has 0 aliphatic heterocycles. The summed E-state index contributed by atoms with van der Waals surface area (Å²) in [5.41, 5.74) is 1.75. The molecule has 0 saturated heterocycles. The van der Waals surface area contributed by atoms with Gasteiger partial charge >= 0.3 is 0 Å². The highest BCUT2D eigenvalue weighted by Crippen LogP contribution is 2.35. The third kappa shape index (κ3) is 3.03. The Kier molecular flexibility index (Phi) is 4.86. The minimum Gasteiger partial charge on any atom is -0.457 e. The number of nitrogens with zero attached hydrogens (tertiary/aromatic N) is 2. The first-order valence-electron chi connectivity index (χ1n) is 7.13. The number of halogens is 3. The molecule has 122 valence electrons. The predicted octanol–water partition coefficient (Wildman–Crippen LogP) is 6.00. The number of fused-ring (bicyclic) bond motifs is 1. The van der Waals surface area contributed by atoms with E-state index < -0.39 is 0 Å². The van der Waals surface area contributed by atoms with Crippen LogP contribution in [0, 0.1) is 0 Å². The van der Waals surface area contributed by atoms with Crippen molar-refractivity contribution in [2.45, 2.75) is 6.04 Å². The lowest BCUT2D eigenvalue weighted by Gasteiger charge is -2.16. The molecular formula is C18H13Cl3N2O. The predicted molar refractivity (Wildman–Crippen MR) is 99.4 cm³/mol. The summed E-state index contributed by atoms with van der Waals surface area (Å²) in [6.45, 7) is 0. The normalized spacial score (nSPS) is 12.1. The van der Waals surface area contributed by atoms with E-state index in [1.54, 1.807) is 18.6 Å². The zero-order valence-electron chi connectivity index (χ0n) is 12.4. The number of benzene rings is 2. The monoisotopic (exact) mass is 378 g/mol. The van der Waals surface area contributed by atoms with E-state index in [0.717, 1.165) is 16.7 Å². The van der Waals surface area contributed by atoms with Gasteiger partial charge in [0.15, 0.2) is 5.58 Å². The summed E-state index contributed by atoms with van der Waals surface area (Å²) in [7, 11) is 0. The highest BCUT2D eigenvalue weighted by atomic mass is 35.5. The Bertz CT molecular complexity index is 949. The average molecular weight is 380 g/mol. The molecule has 0 saturated carbocycles. The van der Waals surface area contributed by atoms with Crippen LogP contribution < -0.4 is 0 Å². The molecule has 0 spiro atoms. The fourth-order valence-electron chi connectivity index (χ4n) is 2.77. The van der Waals surface area contributed by atoms with Gasteiger partial charge in [-0.05, 0) is 23.8 Å². The maximum Gasteiger partial charge on any atom is 0.153 e. The molecule has 2 aromatic heterocycles. The van der Waals surface area contributed by atoms with Gasteiger partial charge in [0.25, 0.3) is 0 Å². The molecule has 0 radical (unpaired) electrons. The summed E-state index contributed by atoms with van der Waals surface area (Å²) in [5.74, 6) is 0.786. The minimum absolute atomic E-state index is 0. The van der Waals surface area contributed by atoms with Crippen LogP contribution in [-0.2, 0) is 0 Å². The zero-order chi connectivity index (χ0) is 15.8. The number of aromatic nitrogens is 2. The van der Waals surface area contributed by atoms with Crippen LogP contribution in [0.4, 0.5) is 0 Å². The number of hydrogen-bond acceptors (Lipinski definition) is 2. The number of furan rings is 1. The van der Waals surface area contributed by atoms with Crippen LogP contribution in [0.15, 0.2) is 71.7 Å². The Morgan fingerprint density at radius 2 is 1.83 bits per heavy atom. The van der Waals surface area contributed by atoms with E-state index in [0.29, 0.717) is 15.6 Å². The molecule has 0 bridgehead atoms. The van der Waals surface area contributed by atoms with Crippen LogP contribution >= 0.6 is 35.6 Å². The molecule has 0 amide bonds. The van der Waals surface area contributed by atoms with E-state index in [9.17, 15) is 0 Å². The standard InChI is InChI=1S/C18H12Cl2N2O.ClH/c19-14-8-13-9-16(23-18(13)15(20)10-14)17(22-7-6-21-11-22)12-4-2-1-3-5-12;/h1-11,17H;1H.